The van der Waals surface area contributed by atoms with Crippen LogP contribution in [0.5, 0.6) is 0 Å². The van der Waals surface area contributed by atoms with Crippen molar-refractivity contribution in [3.8, 4) is 0 Å². The molecule has 1 aliphatic rings. The van der Waals surface area contributed by atoms with Gasteiger partial charge in [0.2, 0.25) is 0 Å². The van der Waals surface area contributed by atoms with Crippen LogP contribution >= 0.6 is 0 Å². The van der Waals surface area contributed by atoms with Gasteiger partial charge < -0.3 is 10.1 Å². The third-order valence-corrected chi connectivity index (χ3v) is 4.09. The summed E-state index contributed by atoms with van der Waals surface area (Å²) >= 11 is 0. The van der Waals surface area contributed by atoms with E-state index in [-0.39, 0.29) is 0 Å². The summed E-state index contributed by atoms with van der Waals surface area (Å²) in [5, 5.41) is 3.51. The molecule has 0 radical (unpaired) electrons. The van der Waals surface area contributed by atoms with Crippen LogP contribution in [0.15, 0.2) is 30.3 Å². The summed E-state index contributed by atoms with van der Waals surface area (Å²) in [5.74, 6) is 2.50. The van der Waals surface area contributed by atoms with E-state index in [1.54, 1.807) is 7.11 Å². The number of hydrogen-bond acceptors (Lipinski definition) is 2. The van der Waals surface area contributed by atoms with Crippen LogP contribution in [0, 0.1) is 11.8 Å². The molecule has 0 aliphatic heterocycles. The minimum absolute atomic E-state index is 0.806. The van der Waals surface area contributed by atoms with Gasteiger partial charge in [-0.3, -0.25) is 0 Å². The van der Waals surface area contributed by atoms with Crippen LogP contribution in [0.4, 0.5) is 0 Å². The van der Waals surface area contributed by atoms with Crippen molar-refractivity contribution in [1.82, 2.24) is 5.32 Å². The van der Waals surface area contributed by atoms with E-state index in [2.05, 4.69) is 42.6 Å². The van der Waals surface area contributed by atoms with Crippen molar-refractivity contribution in [3.05, 3.63) is 35.9 Å². The first-order valence-corrected chi connectivity index (χ1v) is 7.11. The third-order valence-electron chi connectivity index (χ3n) is 4.09. The lowest BCUT2D eigenvalue weighted by Crippen LogP contribution is -2.27. The van der Waals surface area contributed by atoms with Gasteiger partial charge in [-0.25, -0.2) is 0 Å². The van der Waals surface area contributed by atoms with E-state index in [9.17, 15) is 0 Å². The minimum atomic E-state index is 0.806. The van der Waals surface area contributed by atoms with E-state index in [1.807, 2.05) is 0 Å². The second-order valence-electron chi connectivity index (χ2n) is 5.28. The highest BCUT2D eigenvalue weighted by molar-refractivity contribution is 5.26. The van der Waals surface area contributed by atoms with Crippen LogP contribution in [0.3, 0.4) is 0 Å². The maximum Gasteiger partial charge on any atom is 0.0587 e. The first-order chi connectivity index (χ1) is 8.86. The predicted octanol–water partition coefficient (Wildman–Crippen LogP) is 3.05. The molecule has 2 heteroatoms. The average molecular weight is 247 g/mol. The molecule has 3 unspecified atom stereocenters. The average Bonchev–Trinajstić information content (AvgIpc) is 3.20. The number of rotatable bonds is 8. The van der Waals surface area contributed by atoms with E-state index in [4.69, 9.17) is 4.74 Å². The summed E-state index contributed by atoms with van der Waals surface area (Å²) in [6.07, 6.45) is 2.64. The van der Waals surface area contributed by atoms with Gasteiger partial charge in [-0.1, -0.05) is 43.7 Å². The Morgan fingerprint density at radius 1 is 1.33 bits per heavy atom. The van der Waals surface area contributed by atoms with Gasteiger partial charge in [0.25, 0.3) is 0 Å². The van der Waals surface area contributed by atoms with Crippen molar-refractivity contribution < 1.29 is 4.74 Å². The fourth-order valence-electron chi connectivity index (χ4n) is 2.88. The number of methoxy groups -OCH3 is 1. The molecule has 1 aromatic rings. The molecule has 1 N–H and O–H groups in total. The van der Waals surface area contributed by atoms with E-state index in [0.29, 0.717) is 0 Å². The number of benzene rings is 1. The van der Waals surface area contributed by atoms with Crippen LogP contribution in [-0.2, 0) is 4.74 Å². The lowest BCUT2D eigenvalue weighted by atomic mass is 9.96. The Morgan fingerprint density at radius 3 is 2.78 bits per heavy atom. The van der Waals surface area contributed by atoms with Crippen molar-refractivity contribution >= 4 is 0 Å². The van der Waals surface area contributed by atoms with Crippen molar-refractivity contribution in [2.75, 3.05) is 26.8 Å². The summed E-state index contributed by atoms with van der Waals surface area (Å²) in [4.78, 5) is 0. The SMILES string of the molecule is CCC(CNCCOC)C1CC1c1ccccc1. The highest BCUT2D eigenvalue weighted by atomic mass is 16.5. The molecule has 0 saturated heterocycles. The molecule has 0 aromatic heterocycles. The Hall–Kier alpha value is -0.860. The number of hydrogen-bond donors (Lipinski definition) is 1. The lowest BCUT2D eigenvalue weighted by molar-refractivity contribution is 0.197. The Balaban J connectivity index is 1.77. The monoisotopic (exact) mass is 247 g/mol. The predicted molar refractivity (Wildman–Crippen MR) is 75.8 cm³/mol. The smallest absolute Gasteiger partial charge is 0.0587 e. The zero-order valence-electron chi connectivity index (χ0n) is 11.6. The molecule has 0 bridgehead atoms. The van der Waals surface area contributed by atoms with Gasteiger partial charge in [-0.15, -0.1) is 0 Å². The Kier molecular flexibility index (Phi) is 5.21. The Labute approximate surface area is 111 Å². The quantitative estimate of drug-likeness (QED) is 0.713. The Bertz CT molecular complexity index is 338. The molecule has 2 nitrogen and oxygen atoms in total. The normalized spacial score (nSPS) is 23.9. The first kappa shape index (κ1) is 13.6. The van der Waals surface area contributed by atoms with Gasteiger partial charge in [0.15, 0.2) is 0 Å². The second kappa shape index (κ2) is 6.91. The van der Waals surface area contributed by atoms with Gasteiger partial charge in [0.1, 0.15) is 0 Å². The molecule has 1 aromatic carbocycles. The maximum absolute atomic E-state index is 5.06. The Morgan fingerprint density at radius 2 is 2.11 bits per heavy atom. The molecule has 0 heterocycles. The zero-order valence-corrected chi connectivity index (χ0v) is 11.6. The zero-order chi connectivity index (χ0) is 12.8. The summed E-state index contributed by atoms with van der Waals surface area (Å²) in [6.45, 7) is 5.22. The molecule has 18 heavy (non-hydrogen) atoms. The molecular weight excluding hydrogens is 222 g/mol. The second-order valence-corrected chi connectivity index (χ2v) is 5.28. The highest BCUT2D eigenvalue weighted by Crippen LogP contribution is 2.52. The molecule has 1 saturated carbocycles. The molecule has 0 amide bonds. The minimum Gasteiger partial charge on any atom is -0.383 e. The van der Waals surface area contributed by atoms with Crippen molar-refractivity contribution in [1.29, 1.82) is 0 Å². The van der Waals surface area contributed by atoms with Crippen LogP contribution in [0.2, 0.25) is 0 Å². The first-order valence-electron chi connectivity index (χ1n) is 7.11. The summed E-state index contributed by atoms with van der Waals surface area (Å²) in [6, 6.07) is 11.0. The van der Waals surface area contributed by atoms with Crippen molar-refractivity contribution in [3.63, 3.8) is 0 Å². The van der Waals surface area contributed by atoms with E-state index in [1.165, 1.54) is 18.4 Å². The van der Waals surface area contributed by atoms with E-state index >= 15 is 0 Å². The van der Waals surface area contributed by atoms with Gasteiger partial charge in [0.05, 0.1) is 6.61 Å². The van der Waals surface area contributed by atoms with Gasteiger partial charge in [0, 0.05) is 13.7 Å². The summed E-state index contributed by atoms with van der Waals surface area (Å²) in [5.41, 5.74) is 1.53. The lowest BCUT2D eigenvalue weighted by Gasteiger charge is -2.15. The molecule has 2 rings (SSSR count). The van der Waals surface area contributed by atoms with Gasteiger partial charge in [-0.05, 0) is 36.3 Å². The number of ether oxygens (including phenoxy) is 1. The standard InChI is InChI=1S/C16H25NO/c1-3-13(12-17-9-10-18-2)15-11-16(15)14-7-5-4-6-8-14/h4-8,13,15-17H,3,9-12H2,1-2H3. The van der Waals surface area contributed by atoms with Gasteiger partial charge >= 0.3 is 0 Å². The molecule has 1 aliphatic carbocycles. The molecule has 0 spiro atoms. The molecular formula is C16H25NO. The van der Waals surface area contributed by atoms with Crippen LogP contribution in [0.1, 0.15) is 31.2 Å². The maximum atomic E-state index is 5.06. The van der Waals surface area contributed by atoms with E-state index in [0.717, 1.165) is 37.5 Å². The third kappa shape index (κ3) is 3.56. The highest BCUT2D eigenvalue weighted by Gasteiger charge is 2.42. The molecule has 1 fully saturated rings. The largest absolute Gasteiger partial charge is 0.383 e. The van der Waals surface area contributed by atoms with Crippen LogP contribution in [-0.4, -0.2) is 26.8 Å². The van der Waals surface area contributed by atoms with Crippen molar-refractivity contribution in [2.45, 2.75) is 25.7 Å². The molecule has 3 atom stereocenters. The fraction of sp³-hybridized carbons (Fsp3) is 0.625. The topological polar surface area (TPSA) is 21.3 Å². The summed E-state index contributed by atoms with van der Waals surface area (Å²) in [7, 11) is 1.76. The van der Waals surface area contributed by atoms with E-state index < -0.39 is 0 Å². The number of nitrogens with one attached hydrogen (secondary N) is 1. The fourth-order valence-corrected chi connectivity index (χ4v) is 2.88. The van der Waals surface area contributed by atoms with Gasteiger partial charge in [-0.2, -0.15) is 0 Å². The van der Waals surface area contributed by atoms with Crippen LogP contribution < -0.4 is 5.32 Å². The molecule has 100 valence electrons. The van der Waals surface area contributed by atoms with Crippen molar-refractivity contribution in [2.24, 2.45) is 11.8 Å². The summed E-state index contributed by atoms with van der Waals surface area (Å²) < 4.78 is 5.06. The van der Waals surface area contributed by atoms with Crippen LogP contribution in [0.25, 0.3) is 0 Å².